The minimum Gasteiger partial charge on any atom is -0.469 e. The first-order chi connectivity index (χ1) is 10.7. The summed E-state index contributed by atoms with van der Waals surface area (Å²) in [5.74, 6) is -0.245. The zero-order chi connectivity index (χ0) is 16.9. The molecule has 0 saturated carbocycles. The number of rotatable bonds is 14. The molecule has 0 aromatic rings. The van der Waals surface area contributed by atoms with E-state index in [1.807, 2.05) is 0 Å². The molecule has 22 heavy (non-hydrogen) atoms. The third-order valence-electron chi connectivity index (χ3n) is 3.99. The summed E-state index contributed by atoms with van der Waals surface area (Å²) in [4.78, 5) is 9.59. The molecule has 0 rings (SSSR count). The molecule has 0 N–H and O–H groups in total. The molecular formula is C20H42O2. The fraction of sp³-hybridized carbons (Fsp3) is 0.950. The SMILES string of the molecule is CCCCCCCCCCCCCCCCC.COC(C)=O. The number of ether oxygens (including phenoxy) is 1. The highest BCUT2D eigenvalue weighted by molar-refractivity contribution is 5.65. The lowest BCUT2D eigenvalue weighted by atomic mass is 10.0. The van der Waals surface area contributed by atoms with Gasteiger partial charge in [-0.05, 0) is 0 Å². The van der Waals surface area contributed by atoms with Crippen molar-refractivity contribution in [3.63, 3.8) is 0 Å². The molecule has 134 valence electrons. The molecule has 2 heteroatoms. The van der Waals surface area contributed by atoms with Gasteiger partial charge in [-0.1, -0.05) is 110 Å². The third-order valence-corrected chi connectivity index (χ3v) is 3.99. The van der Waals surface area contributed by atoms with E-state index in [2.05, 4.69) is 18.6 Å². The van der Waals surface area contributed by atoms with Crippen LogP contribution >= 0.6 is 0 Å². The van der Waals surface area contributed by atoms with Crippen LogP contribution in [0, 0.1) is 0 Å². The van der Waals surface area contributed by atoms with Crippen molar-refractivity contribution in [3.8, 4) is 0 Å². The molecule has 0 aliphatic heterocycles. The summed E-state index contributed by atoms with van der Waals surface area (Å²) >= 11 is 0. The van der Waals surface area contributed by atoms with Crippen molar-refractivity contribution in [2.45, 2.75) is 117 Å². The van der Waals surface area contributed by atoms with E-state index in [1.165, 1.54) is 110 Å². The number of carbonyl (C=O) groups excluding carboxylic acids is 1. The Bertz CT molecular complexity index is 188. The van der Waals surface area contributed by atoms with E-state index < -0.39 is 0 Å². The topological polar surface area (TPSA) is 26.3 Å². The van der Waals surface area contributed by atoms with E-state index in [0.717, 1.165) is 0 Å². The maximum Gasteiger partial charge on any atom is 0.302 e. The van der Waals surface area contributed by atoms with Gasteiger partial charge in [-0.3, -0.25) is 4.79 Å². The largest absolute Gasteiger partial charge is 0.469 e. The Morgan fingerprint density at radius 2 is 0.773 bits per heavy atom. The van der Waals surface area contributed by atoms with Gasteiger partial charge in [0.05, 0.1) is 7.11 Å². The van der Waals surface area contributed by atoms with Gasteiger partial charge >= 0.3 is 5.97 Å². The first-order valence-electron chi connectivity index (χ1n) is 9.73. The van der Waals surface area contributed by atoms with Gasteiger partial charge in [-0.2, -0.15) is 0 Å². The normalized spacial score (nSPS) is 10.0. The van der Waals surface area contributed by atoms with Crippen LogP contribution in [-0.2, 0) is 9.53 Å². The van der Waals surface area contributed by atoms with E-state index in [1.54, 1.807) is 0 Å². The minimum atomic E-state index is -0.245. The van der Waals surface area contributed by atoms with Crippen molar-refractivity contribution < 1.29 is 9.53 Å². The molecule has 0 amide bonds. The van der Waals surface area contributed by atoms with Crippen LogP contribution in [0.4, 0.5) is 0 Å². The van der Waals surface area contributed by atoms with Gasteiger partial charge in [0.2, 0.25) is 0 Å². The summed E-state index contributed by atoms with van der Waals surface area (Å²) in [5, 5.41) is 0. The second-order valence-electron chi connectivity index (χ2n) is 6.29. The number of carbonyl (C=O) groups is 1. The first kappa shape index (κ1) is 23.7. The molecule has 0 heterocycles. The van der Waals surface area contributed by atoms with E-state index in [0.29, 0.717) is 0 Å². The standard InChI is InChI=1S/C17H36.C3H6O2/c1-3-5-7-9-11-13-15-17-16-14-12-10-8-6-4-2;1-3(4)5-2/h3-17H2,1-2H3;1-2H3. The average Bonchev–Trinajstić information content (AvgIpc) is 2.52. The average molecular weight is 315 g/mol. The number of hydrogen-bond donors (Lipinski definition) is 0. The lowest BCUT2D eigenvalue weighted by Gasteiger charge is -2.02. The summed E-state index contributed by atoms with van der Waals surface area (Å²) in [6, 6.07) is 0. The molecule has 0 radical (unpaired) electrons. The monoisotopic (exact) mass is 314 g/mol. The quantitative estimate of drug-likeness (QED) is 0.253. The van der Waals surface area contributed by atoms with Gasteiger partial charge in [0, 0.05) is 6.92 Å². The van der Waals surface area contributed by atoms with Crippen molar-refractivity contribution in [3.05, 3.63) is 0 Å². The van der Waals surface area contributed by atoms with Crippen LogP contribution in [-0.4, -0.2) is 13.1 Å². The lowest BCUT2D eigenvalue weighted by Crippen LogP contribution is -1.88. The molecule has 0 fully saturated rings. The Kier molecular flexibility index (Phi) is 24.5. The highest BCUT2D eigenvalue weighted by Crippen LogP contribution is 2.13. The van der Waals surface area contributed by atoms with Crippen molar-refractivity contribution >= 4 is 5.97 Å². The predicted molar refractivity (Wildman–Crippen MR) is 98.3 cm³/mol. The molecule has 0 spiro atoms. The number of hydrogen-bond acceptors (Lipinski definition) is 2. The molecule has 0 unspecified atom stereocenters. The van der Waals surface area contributed by atoms with Gasteiger partial charge in [0.15, 0.2) is 0 Å². The lowest BCUT2D eigenvalue weighted by molar-refractivity contribution is -0.137. The maximum absolute atomic E-state index is 9.59. The molecule has 0 aromatic heterocycles. The second kappa shape index (κ2) is 22.7. The van der Waals surface area contributed by atoms with E-state index in [4.69, 9.17) is 0 Å². The van der Waals surface area contributed by atoms with Crippen molar-refractivity contribution in [1.82, 2.24) is 0 Å². The molecule has 2 nitrogen and oxygen atoms in total. The Labute approximate surface area is 140 Å². The zero-order valence-corrected chi connectivity index (χ0v) is 15.9. The van der Waals surface area contributed by atoms with Crippen LogP contribution in [0.2, 0.25) is 0 Å². The molecule has 0 aliphatic carbocycles. The Morgan fingerprint density at radius 1 is 0.591 bits per heavy atom. The summed E-state index contributed by atoms with van der Waals surface area (Å²) in [6.45, 7) is 5.95. The van der Waals surface area contributed by atoms with E-state index >= 15 is 0 Å². The number of methoxy groups -OCH3 is 1. The van der Waals surface area contributed by atoms with Crippen LogP contribution in [0.15, 0.2) is 0 Å². The summed E-state index contributed by atoms with van der Waals surface area (Å²) < 4.78 is 4.11. The minimum absolute atomic E-state index is 0.245. The Hall–Kier alpha value is -0.530. The molecule has 0 saturated heterocycles. The zero-order valence-electron chi connectivity index (χ0n) is 15.9. The second-order valence-corrected chi connectivity index (χ2v) is 6.29. The Balaban J connectivity index is 0. The van der Waals surface area contributed by atoms with Gasteiger partial charge in [0.1, 0.15) is 0 Å². The maximum atomic E-state index is 9.59. The fourth-order valence-corrected chi connectivity index (χ4v) is 2.44. The molecule has 0 aliphatic rings. The van der Waals surface area contributed by atoms with Crippen molar-refractivity contribution in [2.24, 2.45) is 0 Å². The van der Waals surface area contributed by atoms with Crippen LogP contribution in [0.5, 0.6) is 0 Å². The highest BCUT2D eigenvalue weighted by Gasteiger charge is 1.93. The first-order valence-corrected chi connectivity index (χ1v) is 9.73. The van der Waals surface area contributed by atoms with Crippen LogP contribution < -0.4 is 0 Å². The predicted octanol–water partition coefficient (Wildman–Crippen LogP) is 7.06. The summed E-state index contributed by atoms with van der Waals surface area (Å²) in [7, 11) is 1.35. The number of unbranched alkanes of at least 4 members (excludes halogenated alkanes) is 14. The van der Waals surface area contributed by atoms with Crippen LogP contribution in [0.3, 0.4) is 0 Å². The summed E-state index contributed by atoms with van der Waals surface area (Å²) in [5.41, 5.74) is 0. The third kappa shape index (κ3) is 27.8. The summed E-state index contributed by atoms with van der Waals surface area (Å²) in [6.07, 6.45) is 21.9. The smallest absolute Gasteiger partial charge is 0.302 e. The van der Waals surface area contributed by atoms with Gasteiger partial charge in [0.25, 0.3) is 0 Å². The van der Waals surface area contributed by atoms with Gasteiger partial charge < -0.3 is 4.74 Å². The van der Waals surface area contributed by atoms with E-state index in [-0.39, 0.29) is 5.97 Å². The molecule has 0 atom stereocenters. The fourth-order valence-electron chi connectivity index (χ4n) is 2.44. The number of esters is 1. The Morgan fingerprint density at radius 3 is 0.909 bits per heavy atom. The molecule has 0 bridgehead atoms. The van der Waals surface area contributed by atoms with Gasteiger partial charge in [-0.25, -0.2) is 0 Å². The van der Waals surface area contributed by atoms with Gasteiger partial charge in [-0.15, -0.1) is 0 Å². The highest BCUT2D eigenvalue weighted by atomic mass is 16.5. The molecular weight excluding hydrogens is 272 g/mol. The van der Waals surface area contributed by atoms with Crippen molar-refractivity contribution in [2.75, 3.05) is 7.11 Å². The van der Waals surface area contributed by atoms with Crippen LogP contribution in [0.25, 0.3) is 0 Å². The van der Waals surface area contributed by atoms with E-state index in [9.17, 15) is 4.79 Å². The van der Waals surface area contributed by atoms with Crippen molar-refractivity contribution in [1.29, 1.82) is 0 Å². The van der Waals surface area contributed by atoms with Crippen LogP contribution in [0.1, 0.15) is 117 Å². The molecule has 0 aromatic carbocycles.